The highest BCUT2D eigenvalue weighted by atomic mass is 79.9. The number of rotatable bonds is 5. The maximum Gasteiger partial charge on any atom is 0.308 e. The minimum atomic E-state index is -0.721. The molecular weight excluding hydrogens is 586 g/mol. The summed E-state index contributed by atoms with van der Waals surface area (Å²) in [5, 5.41) is 2.66. The molecular formula is C28H20BrN3O4S2. The maximum absolute atomic E-state index is 13.8. The Balaban J connectivity index is 1.41. The van der Waals surface area contributed by atoms with Crippen molar-refractivity contribution in [3.8, 4) is 0 Å². The van der Waals surface area contributed by atoms with E-state index in [0.717, 1.165) is 21.4 Å². The zero-order valence-electron chi connectivity index (χ0n) is 19.7. The zero-order chi connectivity index (χ0) is 26.4. The molecule has 1 fully saturated rings. The number of imide groups is 1. The lowest BCUT2D eigenvalue weighted by molar-refractivity contribution is -0.122. The third-order valence-electron chi connectivity index (χ3n) is 6.65. The minimum Gasteiger partial charge on any atom is -0.325 e. The molecule has 1 aromatic heterocycles. The first-order valence-electron chi connectivity index (χ1n) is 11.9. The summed E-state index contributed by atoms with van der Waals surface area (Å²) in [6.07, 6.45) is 0. The van der Waals surface area contributed by atoms with Crippen LogP contribution in [0.15, 0.2) is 99.2 Å². The molecule has 38 heavy (non-hydrogen) atoms. The van der Waals surface area contributed by atoms with Gasteiger partial charge in [-0.3, -0.25) is 23.7 Å². The minimum absolute atomic E-state index is 0.190. The van der Waals surface area contributed by atoms with Gasteiger partial charge in [0, 0.05) is 21.0 Å². The number of nitrogens with one attached hydrogen (secondary N) is 1. The molecule has 3 aromatic carbocycles. The number of para-hydroxylation sites is 1. The van der Waals surface area contributed by atoms with Gasteiger partial charge in [0.1, 0.15) is 11.8 Å². The lowest BCUT2D eigenvalue weighted by atomic mass is 9.83. The number of fused-ring (bicyclic) bond motifs is 2. The van der Waals surface area contributed by atoms with Crippen LogP contribution in [0.1, 0.15) is 16.4 Å². The SMILES string of the molecule is O=C(Cn1c2c(sc1=O)[C@@H](c1ccccc1)[C@@H]1C(=O)N(c3ccc(Br)cc3)C(=O)[C@@H]1S2)Nc1ccccc1. The highest BCUT2D eigenvalue weighted by Gasteiger charge is 2.56. The molecule has 190 valence electrons. The Morgan fingerprint density at radius 3 is 2.21 bits per heavy atom. The lowest BCUT2D eigenvalue weighted by Gasteiger charge is -2.30. The average molecular weight is 607 g/mol. The van der Waals surface area contributed by atoms with Crippen LogP contribution in [0.5, 0.6) is 0 Å². The van der Waals surface area contributed by atoms with Crippen LogP contribution < -0.4 is 15.1 Å². The molecule has 0 spiro atoms. The fourth-order valence-corrected chi connectivity index (χ4v) is 8.02. The van der Waals surface area contributed by atoms with Gasteiger partial charge >= 0.3 is 4.87 Å². The number of aromatic nitrogens is 1. The van der Waals surface area contributed by atoms with E-state index < -0.39 is 17.1 Å². The van der Waals surface area contributed by atoms with E-state index >= 15 is 0 Å². The normalized spacial score (nSPS) is 20.2. The van der Waals surface area contributed by atoms with Crippen molar-refractivity contribution in [2.75, 3.05) is 10.2 Å². The van der Waals surface area contributed by atoms with Crippen molar-refractivity contribution >= 4 is 68.1 Å². The summed E-state index contributed by atoms with van der Waals surface area (Å²) < 4.78 is 2.27. The molecule has 3 atom stereocenters. The number of benzene rings is 3. The second-order valence-electron chi connectivity index (χ2n) is 8.98. The van der Waals surface area contributed by atoms with Crippen molar-refractivity contribution in [1.29, 1.82) is 0 Å². The van der Waals surface area contributed by atoms with Crippen LogP contribution in [-0.4, -0.2) is 27.5 Å². The summed E-state index contributed by atoms with van der Waals surface area (Å²) in [4.78, 5) is 55.3. The van der Waals surface area contributed by atoms with Gasteiger partial charge in [-0.15, -0.1) is 0 Å². The molecule has 2 aliphatic heterocycles. The summed E-state index contributed by atoms with van der Waals surface area (Å²) in [6.45, 7) is -0.190. The predicted octanol–water partition coefficient (Wildman–Crippen LogP) is 5.11. The van der Waals surface area contributed by atoms with Gasteiger partial charge in [0.05, 0.1) is 16.6 Å². The average Bonchev–Trinajstić information content (AvgIpc) is 3.36. The number of nitrogens with zero attached hydrogens (tertiary/aromatic N) is 2. The second kappa shape index (κ2) is 10.0. The van der Waals surface area contributed by atoms with Crippen LogP contribution in [-0.2, 0) is 20.9 Å². The molecule has 0 saturated carbocycles. The fourth-order valence-electron chi connectivity index (χ4n) is 4.99. The van der Waals surface area contributed by atoms with Crippen molar-refractivity contribution in [2.45, 2.75) is 22.7 Å². The number of hydrogen-bond acceptors (Lipinski definition) is 6. The second-order valence-corrected chi connectivity index (χ2v) is 12.0. The molecule has 2 aliphatic rings. The Morgan fingerprint density at radius 1 is 0.868 bits per heavy atom. The third kappa shape index (κ3) is 4.32. The molecule has 3 heterocycles. The van der Waals surface area contributed by atoms with Gasteiger partial charge in [0.2, 0.25) is 17.7 Å². The Morgan fingerprint density at radius 2 is 1.53 bits per heavy atom. The topological polar surface area (TPSA) is 88.5 Å². The highest BCUT2D eigenvalue weighted by Crippen LogP contribution is 2.53. The van der Waals surface area contributed by atoms with Gasteiger partial charge in [0.25, 0.3) is 0 Å². The molecule has 6 rings (SSSR count). The number of halogens is 1. The van der Waals surface area contributed by atoms with Crippen LogP contribution in [0.25, 0.3) is 0 Å². The van der Waals surface area contributed by atoms with E-state index in [2.05, 4.69) is 21.2 Å². The number of anilines is 2. The van der Waals surface area contributed by atoms with Crippen LogP contribution in [0.3, 0.4) is 0 Å². The van der Waals surface area contributed by atoms with E-state index in [1.165, 1.54) is 21.2 Å². The van der Waals surface area contributed by atoms with Crippen molar-refractivity contribution in [3.05, 3.63) is 110 Å². The van der Waals surface area contributed by atoms with Crippen molar-refractivity contribution in [1.82, 2.24) is 4.57 Å². The van der Waals surface area contributed by atoms with Crippen molar-refractivity contribution in [2.24, 2.45) is 5.92 Å². The molecule has 4 aromatic rings. The number of carbonyl (C=O) groups excluding carboxylic acids is 3. The number of carbonyl (C=O) groups is 3. The third-order valence-corrected chi connectivity index (χ3v) is 9.78. The standard InChI is InChI=1S/C28H20BrN3O4S2/c29-17-11-13-19(14-12-17)32-25(34)22-21(16-7-3-1-4-8-16)24-27(37-23(22)26(32)35)31(28(36)38-24)15-20(33)30-18-9-5-2-6-10-18/h1-14,21-23H,15H2,(H,30,33)/t21-,22-,23+/m0/s1. The van der Waals surface area contributed by atoms with Crippen molar-refractivity contribution in [3.63, 3.8) is 0 Å². The van der Waals surface area contributed by atoms with Crippen molar-refractivity contribution < 1.29 is 14.4 Å². The van der Waals surface area contributed by atoms with E-state index in [4.69, 9.17) is 0 Å². The summed E-state index contributed by atoms with van der Waals surface area (Å²) in [5.74, 6) is -2.11. The van der Waals surface area contributed by atoms with Crippen LogP contribution in [0.4, 0.5) is 11.4 Å². The van der Waals surface area contributed by atoms with Gasteiger partial charge in [-0.05, 0) is 42.0 Å². The largest absolute Gasteiger partial charge is 0.325 e. The van der Waals surface area contributed by atoms with E-state index in [1.54, 1.807) is 36.4 Å². The molecule has 7 nitrogen and oxygen atoms in total. The quantitative estimate of drug-likeness (QED) is 0.319. The van der Waals surface area contributed by atoms with E-state index in [-0.39, 0.29) is 29.1 Å². The summed E-state index contributed by atoms with van der Waals surface area (Å²) in [6, 6.07) is 25.6. The Kier molecular flexibility index (Phi) is 6.55. The van der Waals surface area contributed by atoms with Gasteiger partial charge in [-0.2, -0.15) is 0 Å². The Labute approximate surface area is 234 Å². The van der Waals surface area contributed by atoms with Gasteiger partial charge in [0.15, 0.2) is 0 Å². The molecule has 1 N–H and O–H groups in total. The molecule has 0 radical (unpaired) electrons. The number of thioether (sulfide) groups is 1. The predicted molar refractivity (Wildman–Crippen MR) is 152 cm³/mol. The number of amides is 3. The van der Waals surface area contributed by atoms with Gasteiger partial charge in [-0.1, -0.05) is 87.6 Å². The summed E-state index contributed by atoms with van der Waals surface area (Å²) >= 11 is 5.64. The van der Waals surface area contributed by atoms with Gasteiger partial charge < -0.3 is 5.32 Å². The first-order valence-corrected chi connectivity index (χ1v) is 14.3. The summed E-state index contributed by atoms with van der Waals surface area (Å²) in [7, 11) is 0. The highest BCUT2D eigenvalue weighted by molar-refractivity contribution is 9.10. The number of thiazole rings is 1. The van der Waals surface area contributed by atoms with E-state index in [1.807, 2.05) is 48.5 Å². The van der Waals surface area contributed by atoms with E-state index in [0.29, 0.717) is 21.3 Å². The molecule has 0 bridgehead atoms. The van der Waals surface area contributed by atoms with Crippen LogP contribution >= 0.6 is 39.0 Å². The fraction of sp³-hybridized carbons (Fsp3) is 0.143. The molecule has 0 unspecified atom stereocenters. The monoisotopic (exact) mass is 605 g/mol. The lowest BCUT2D eigenvalue weighted by Crippen LogP contribution is -2.33. The molecule has 10 heteroatoms. The Hall–Kier alpha value is -3.47. The smallest absolute Gasteiger partial charge is 0.308 e. The summed E-state index contributed by atoms with van der Waals surface area (Å²) in [5.41, 5.74) is 1.99. The molecule has 1 saturated heterocycles. The molecule has 0 aliphatic carbocycles. The first kappa shape index (κ1) is 24.8. The zero-order valence-corrected chi connectivity index (χ0v) is 23.0. The maximum atomic E-state index is 13.8. The van der Waals surface area contributed by atoms with E-state index in [9.17, 15) is 19.2 Å². The van der Waals surface area contributed by atoms with Crippen LogP contribution in [0.2, 0.25) is 0 Å². The van der Waals surface area contributed by atoms with Gasteiger partial charge in [-0.25, -0.2) is 4.90 Å². The Bertz CT molecular complexity index is 1600. The first-order chi connectivity index (χ1) is 18.4. The molecule has 3 amide bonds. The van der Waals surface area contributed by atoms with Crippen LogP contribution in [0, 0.1) is 5.92 Å². The number of hydrogen-bond donors (Lipinski definition) is 1.